The van der Waals surface area contributed by atoms with Gasteiger partial charge < -0.3 is 4.74 Å². The highest BCUT2D eigenvalue weighted by molar-refractivity contribution is 9.10. The van der Waals surface area contributed by atoms with Crippen LogP contribution in [0.2, 0.25) is 0 Å². The van der Waals surface area contributed by atoms with Crippen molar-refractivity contribution in [1.82, 2.24) is 9.78 Å². The zero-order valence-corrected chi connectivity index (χ0v) is 10.5. The van der Waals surface area contributed by atoms with Crippen LogP contribution in [0, 0.1) is 0 Å². The third-order valence-corrected chi connectivity index (χ3v) is 3.27. The maximum Gasteiger partial charge on any atom is 0.327 e. The van der Waals surface area contributed by atoms with Gasteiger partial charge in [0, 0.05) is 5.92 Å². The first kappa shape index (κ1) is 11.4. The highest BCUT2D eigenvalue weighted by Gasteiger charge is 2.29. The van der Waals surface area contributed by atoms with Crippen LogP contribution in [0.25, 0.3) is 0 Å². The molecule has 6 heteroatoms. The van der Waals surface area contributed by atoms with Crippen molar-refractivity contribution in [2.75, 3.05) is 6.61 Å². The van der Waals surface area contributed by atoms with Gasteiger partial charge in [0.15, 0.2) is 0 Å². The molecule has 0 bridgehead atoms. The molecule has 0 atom stereocenters. The van der Waals surface area contributed by atoms with Gasteiger partial charge in [-0.05, 0) is 35.7 Å². The standard InChI is InChI=1S/C10H13BrN2O3/c1-2-16-7(14)5-13-10(15)8(11)9(12-13)6-3-4-6/h6,12H,2-5H2,1H3. The summed E-state index contributed by atoms with van der Waals surface area (Å²) in [6.45, 7) is 2.00. The van der Waals surface area contributed by atoms with Gasteiger partial charge in [-0.1, -0.05) is 0 Å². The average Bonchev–Trinajstić information content (AvgIpc) is 3.02. The predicted octanol–water partition coefficient (Wildman–Crippen LogP) is 1.38. The Labute approximate surface area is 101 Å². The predicted molar refractivity (Wildman–Crippen MR) is 61.4 cm³/mol. The molecule has 88 valence electrons. The van der Waals surface area contributed by atoms with Crippen LogP contribution < -0.4 is 5.56 Å². The molecule has 0 spiro atoms. The molecule has 5 nitrogen and oxygen atoms in total. The Morgan fingerprint density at radius 1 is 1.62 bits per heavy atom. The maximum atomic E-state index is 11.7. The number of halogens is 1. The Hall–Kier alpha value is -1.04. The van der Waals surface area contributed by atoms with Crippen molar-refractivity contribution in [2.45, 2.75) is 32.2 Å². The highest BCUT2D eigenvalue weighted by Crippen LogP contribution is 2.41. The first-order chi connectivity index (χ1) is 7.63. The van der Waals surface area contributed by atoms with Crippen molar-refractivity contribution in [3.63, 3.8) is 0 Å². The van der Waals surface area contributed by atoms with Crippen LogP contribution in [-0.4, -0.2) is 22.4 Å². The molecule has 0 unspecified atom stereocenters. The van der Waals surface area contributed by atoms with E-state index in [1.54, 1.807) is 6.92 Å². The smallest absolute Gasteiger partial charge is 0.327 e. The lowest BCUT2D eigenvalue weighted by Gasteiger charge is -2.01. The number of esters is 1. The fraction of sp³-hybridized carbons (Fsp3) is 0.600. The zero-order chi connectivity index (χ0) is 11.7. The number of nitrogens with one attached hydrogen (secondary N) is 1. The molecule has 0 radical (unpaired) electrons. The Morgan fingerprint density at radius 3 is 2.88 bits per heavy atom. The number of nitrogens with zero attached hydrogens (tertiary/aromatic N) is 1. The van der Waals surface area contributed by atoms with Crippen LogP contribution in [0.3, 0.4) is 0 Å². The van der Waals surface area contributed by atoms with Crippen molar-refractivity contribution in [3.8, 4) is 0 Å². The number of ether oxygens (including phenoxy) is 1. The number of H-pyrrole nitrogens is 1. The number of carbonyl (C=O) groups is 1. The lowest BCUT2D eigenvalue weighted by molar-refractivity contribution is -0.144. The Kier molecular flexibility index (Phi) is 3.18. The molecule has 0 saturated heterocycles. The van der Waals surface area contributed by atoms with E-state index in [1.165, 1.54) is 4.68 Å². The Bertz CT molecular complexity index is 459. The van der Waals surface area contributed by atoms with Gasteiger partial charge in [0.2, 0.25) is 0 Å². The fourth-order valence-corrected chi connectivity index (χ4v) is 2.19. The van der Waals surface area contributed by atoms with Crippen LogP contribution in [0.1, 0.15) is 31.4 Å². The Morgan fingerprint density at radius 2 is 2.31 bits per heavy atom. The minimum atomic E-state index is -0.402. The summed E-state index contributed by atoms with van der Waals surface area (Å²) < 4.78 is 6.62. The van der Waals surface area contributed by atoms with Gasteiger partial charge in [0.05, 0.1) is 12.3 Å². The lowest BCUT2D eigenvalue weighted by atomic mass is 10.3. The van der Waals surface area contributed by atoms with E-state index in [2.05, 4.69) is 21.0 Å². The van der Waals surface area contributed by atoms with Crippen molar-refractivity contribution in [2.24, 2.45) is 0 Å². The second kappa shape index (κ2) is 4.45. The third kappa shape index (κ3) is 2.21. The number of hydrogen-bond donors (Lipinski definition) is 1. The van der Waals surface area contributed by atoms with Crippen molar-refractivity contribution >= 4 is 21.9 Å². The minimum absolute atomic E-state index is 0.0575. The molecular weight excluding hydrogens is 276 g/mol. The quantitative estimate of drug-likeness (QED) is 0.852. The summed E-state index contributed by atoms with van der Waals surface area (Å²) in [6.07, 6.45) is 2.19. The minimum Gasteiger partial charge on any atom is -0.465 e. The summed E-state index contributed by atoms with van der Waals surface area (Å²) in [7, 11) is 0. The van der Waals surface area contributed by atoms with E-state index in [1.807, 2.05) is 0 Å². The summed E-state index contributed by atoms with van der Waals surface area (Å²) in [5.74, 6) is 0.0335. The molecule has 1 aliphatic carbocycles. The average molecular weight is 289 g/mol. The summed E-state index contributed by atoms with van der Waals surface area (Å²) in [6, 6.07) is 0. The number of carbonyl (C=O) groups excluding carboxylic acids is 1. The maximum absolute atomic E-state index is 11.7. The zero-order valence-electron chi connectivity index (χ0n) is 8.96. The fourth-order valence-electron chi connectivity index (χ4n) is 1.57. The summed E-state index contributed by atoms with van der Waals surface area (Å²) in [5.41, 5.74) is 0.698. The number of aromatic amines is 1. The first-order valence-electron chi connectivity index (χ1n) is 5.27. The first-order valence-corrected chi connectivity index (χ1v) is 6.06. The molecule has 0 aromatic carbocycles. The number of hydrogen-bond acceptors (Lipinski definition) is 3. The molecule has 16 heavy (non-hydrogen) atoms. The van der Waals surface area contributed by atoms with Gasteiger partial charge in [-0.15, -0.1) is 0 Å². The molecule has 1 fully saturated rings. The van der Waals surface area contributed by atoms with E-state index in [4.69, 9.17) is 4.74 Å². The normalized spacial score (nSPS) is 15.1. The van der Waals surface area contributed by atoms with Gasteiger partial charge >= 0.3 is 5.97 Å². The van der Waals surface area contributed by atoms with Crippen molar-refractivity contribution < 1.29 is 9.53 Å². The van der Waals surface area contributed by atoms with Gasteiger partial charge in [-0.3, -0.25) is 14.7 Å². The molecule has 1 saturated carbocycles. The van der Waals surface area contributed by atoms with Crippen molar-refractivity contribution in [1.29, 1.82) is 0 Å². The lowest BCUT2D eigenvalue weighted by Crippen LogP contribution is -2.23. The highest BCUT2D eigenvalue weighted by atomic mass is 79.9. The van der Waals surface area contributed by atoms with Gasteiger partial charge in [0.1, 0.15) is 11.0 Å². The summed E-state index contributed by atoms with van der Waals surface area (Å²) in [4.78, 5) is 23.0. The van der Waals surface area contributed by atoms with E-state index in [0.29, 0.717) is 17.0 Å². The molecule has 1 aromatic rings. The van der Waals surface area contributed by atoms with E-state index in [0.717, 1.165) is 18.5 Å². The van der Waals surface area contributed by atoms with E-state index < -0.39 is 5.97 Å². The molecule has 1 aliphatic rings. The largest absolute Gasteiger partial charge is 0.465 e. The van der Waals surface area contributed by atoms with E-state index >= 15 is 0 Å². The van der Waals surface area contributed by atoms with Gasteiger partial charge in [-0.2, -0.15) is 0 Å². The van der Waals surface area contributed by atoms with Crippen LogP contribution in [0.5, 0.6) is 0 Å². The second-order valence-electron chi connectivity index (χ2n) is 3.81. The number of aromatic nitrogens is 2. The molecule has 0 aliphatic heterocycles. The van der Waals surface area contributed by atoms with Crippen LogP contribution >= 0.6 is 15.9 Å². The Balaban J connectivity index is 2.18. The van der Waals surface area contributed by atoms with Crippen LogP contribution in [-0.2, 0) is 16.1 Å². The topological polar surface area (TPSA) is 64.1 Å². The monoisotopic (exact) mass is 288 g/mol. The molecule has 1 aromatic heterocycles. The van der Waals surface area contributed by atoms with Gasteiger partial charge in [0.25, 0.3) is 5.56 Å². The molecule has 0 amide bonds. The van der Waals surface area contributed by atoms with Crippen LogP contribution in [0.15, 0.2) is 9.27 Å². The molecule has 2 rings (SSSR count). The second-order valence-corrected chi connectivity index (χ2v) is 4.60. The van der Waals surface area contributed by atoms with Crippen molar-refractivity contribution in [3.05, 3.63) is 20.5 Å². The SMILES string of the molecule is CCOC(=O)Cn1[nH]c(C2CC2)c(Br)c1=O. The van der Waals surface area contributed by atoms with Gasteiger partial charge in [-0.25, -0.2) is 4.68 Å². The van der Waals surface area contributed by atoms with E-state index in [9.17, 15) is 9.59 Å². The molecule has 1 heterocycles. The molecule has 1 N–H and O–H groups in total. The van der Waals surface area contributed by atoms with E-state index in [-0.39, 0.29) is 12.1 Å². The van der Waals surface area contributed by atoms with Crippen LogP contribution in [0.4, 0.5) is 0 Å². The third-order valence-electron chi connectivity index (χ3n) is 2.50. The summed E-state index contributed by atoms with van der Waals surface area (Å²) >= 11 is 3.25. The molecular formula is C10H13BrN2O3. The number of rotatable bonds is 4. The summed E-state index contributed by atoms with van der Waals surface area (Å²) in [5, 5.41) is 2.96.